The molecule has 0 aliphatic heterocycles. The number of amides is 1. The predicted molar refractivity (Wildman–Crippen MR) is 87.2 cm³/mol. The SMILES string of the molecule is CN(C(=O)c1ccc(CBr)cc1)C1CCC(C)(C)CC1. The van der Waals surface area contributed by atoms with Crippen LogP contribution in [0.5, 0.6) is 0 Å². The maximum atomic E-state index is 12.5. The molecule has 1 aliphatic carbocycles. The summed E-state index contributed by atoms with van der Waals surface area (Å²) in [5, 5.41) is 0.828. The van der Waals surface area contributed by atoms with Crippen LogP contribution in [0.25, 0.3) is 0 Å². The van der Waals surface area contributed by atoms with Crippen molar-refractivity contribution in [1.29, 1.82) is 0 Å². The molecule has 1 aliphatic rings. The van der Waals surface area contributed by atoms with Crippen LogP contribution < -0.4 is 0 Å². The topological polar surface area (TPSA) is 20.3 Å². The largest absolute Gasteiger partial charge is 0.339 e. The highest BCUT2D eigenvalue weighted by Gasteiger charge is 2.30. The molecule has 0 bridgehead atoms. The van der Waals surface area contributed by atoms with E-state index in [1.165, 1.54) is 18.4 Å². The van der Waals surface area contributed by atoms with Gasteiger partial charge in [-0.2, -0.15) is 0 Å². The molecule has 1 amide bonds. The second kappa shape index (κ2) is 6.30. The van der Waals surface area contributed by atoms with Gasteiger partial charge in [-0.25, -0.2) is 0 Å². The van der Waals surface area contributed by atoms with Crippen molar-refractivity contribution in [2.45, 2.75) is 50.9 Å². The zero-order valence-corrected chi connectivity index (χ0v) is 14.2. The van der Waals surface area contributed by atoms with Crippen LogP contribution in [-0.2, 0) is 5.33 Å². The molecule has 2 rings (SSSR count). The minimum atomic E-state index is 0.149. The van der Waals surface area contributed by atoms with Crippen LogP contribution in [0, 0.1) is 5.41 Å². The Hall–Kier alpha value is -0.830. The Morgan fingerprint density at radius 3 is 2.30 bits per heavy atom. The Bertz CT molecular complexity index is 456. The van der Waals surface area contributed by atoms with Crippen molar-refractivity contribution in [2.24, 2.45) is 5.41 Å². The number of hydrogen-bond acceptors (Lipinski definition) is 1. The first-order valence-corrected chi connectivity index (χ1v) is 8.47. The number of nitrogens with zero attached hydrogens (tertiary/aromatic N) is 1. The molecule has 20 heavy (non-hydrogen) atoms. The van der Waals surface area contributed by atoms with Gasteiger partial charge in [-0.05, 0) is 48.8 Å². The fourth-order valence-corrected chi connectivity index (χ4v) is 3.25. The Labute approximate surface area is 130 Å². The molecule has 1 fully saturated rings. The molecule has 3 heteroatoms. The zero-order chi connectivity index (χ0) is 14.8. The van der Waals surface area contributed by atoms with E-state index in [4.69, 9.17) is 0 Å². The molecule has 1 saturated carbocycles. The molecule has 0 atom stereocenters. The maximum Gasteiger partial charge on any atom is 0.253 e. The molecule has 1 aromatic rings. The monoisotopic (exact) mass is 337 g/mol. The van der Waals surface area contributed by atoms with Gasteiger partial charge in [0, 0.05) is 24.0 Å². The van der Waals surface area contributed by atoms with Crippen LogP contribution in [0.2, 0.25) is 0 Å². The molecule has 0 saturated heterocycles. The Balaban J connectivity index is 2.01. The average Bonchev–Trinajstić information content (AvgIpc) is 2.46. The predicted octanol–water partition coefficient (Wildman–Crippen LogP) is 4.62. The molecular weight excluding hydrogens is 314 g/mol. The van der Waals surface area contributed by atoms with Crippen LogP contribution in [0.4, 0.5) is 0 Å². The van der Waals surface area contributed by atoms with Gasteiger partial charge in [-0.15, -0.1) is 0 Å². The van der Waals surface area contributed by atoms with Gasteiger partial charge < -0.3 is 4.90 Å². The van der Waals surface area contributed by atoms with Gasteiger partial charge in [0.1, 0.15) is 0 Å². The molecule has 0 aromatic heterocycles. The molecule has 2 nitrogen and oxygen atoms in total. The average molecular weight is 338 g/mol. The van der Waals surface area contributed by atoms with Crippen LogP contribution >= 0.6 is 15.9 Å². The number of halogens is 1. The van der Waals surface area contributed by atoms with Gasteiger partial charge in [0.15, 0.2) is 0 Å². The quantitative estimate of drug-likeness (QED) is 0.736. The lowest BCUT2D eigenvalue weighted by molar-refractivity contribution is 0.0635. The lowest BCUT2D eigenvalue weighted by atomic mass is 9.75. The third kappa shape index (κ3) is 3.63. The van der Waals surface area contributed by atoms with Gasteiger partial charge in [0.05, 0.1) is 0 Å². The number of hydrogen-bond donors (Lipinski definition) is 0. The van der Waals surface area contributed by atoms with Gasteiger partial charge >= 0.3 is 0 Å². The molecule has 0 heterocycles. The first kappa shape index (κ1) is 15.6. The van der Waals surface area contributed by atoms with E-state index in [0.29, 0.717) is 11.5 Å². The summed E-state index contributed by atoms with van der Waals surface area (Å²) in [6, 6.07) is 8.29. The summed E-state index contributed by atoms with van der Waals surface area (Å²) >= 11 is 3.43. The molecule has 0 radical (unpaired) electrons. The smallest absolute Gasteiger partial charge is 0.253 e. The van der Waals surface area contributed by atoms with E-state index in [-0.39, 0.29) is 5.91 Å². The Morgan fingerprint density at radius 2 is 1.80 bits per heavy atom. The summed E-state index contributed by atoms with van der Waals surface area (Å²) in [5.74, 6) is 0.149. The van der Waals surface area contributed by atoms with Crippen molar-refractivity contribution in [2.75, 3.05) is 7.05 Å². The molecular formula is C17H24BrNO. The normalized spacial score (nSPS) is 18.8. The summed E-state index contributed by atoms with van der Waals surface area (Å²) in [7, 11) is 1.95. The second-order valence-electron chi connectivity index (χ2n) is 6.64. The molecule has 0 spiro atoms. The standard InChI is InChI=1S/C17H24BrNO/c1-17(2)10-8-15(9-11-17)19(3)16(20)14-6-4-13(12-18)5-7-14/h4-7,15H,8-12H2,1-3H3. The fourth-order valence-electron chi connectivity index (χ4n) is 2.88. The Kier molecular flexibility index (Phi) is 4.90. The Morgan fingerprint density at radius 1 is 1.25 bits per heavy atom. The first-order valence-electron chi connectivity index (χ1n) is 7.35. The van der Waals surface area contributed by atoms with Crippen molar-refractivity contribution in [3.63, 3.8) is 0 Å². The van der Waals surface area contributed by atoms with Crippen LogP contribution in [0.1, 0.15) is 55.5 Å². The van der Waals surface area contributed by atoms with E-state index >= 15 is 0 Å². The van der Waals surface area contributed by atoms with Crippen LogP contribution in [-0.4, -0.2) is 23.9 Å². The summed E-state index contributed by atoms with van der Waals surface area (Å²) in [5.41, 5.74) is 2.43. The van der Waals surface area contributed by atoms with Crippen LogP contribution in [0.3, 0.4) is 0 Å². The summed E-state index contributed by atoms with van der Waals surface area (Å²) in [4.78, 5) is 14.5. The summed E-state index contributed by atoms with van der Waals surface area (Å²) in [6.45, 7) is 4.65. The van der Waals surface area contributed by atoms with Crippen molar-refractivity contribution in [1.82, 2.24) is 4.90 Å². The van der Waals surface area contributed by atoms with Gasteiger partial charge in [0.25, 0.3) is 5.91 Å². The lowest BCUT2D eigenvalue weighted by Gasteiger charge is -2.38. The highest BCUT2D eigenvalue weighted by atomic mass is 79.9. The third-order valence-electron chi connectivity index (χ3n) is 4.53. The third-order valence-corrected chi connectivity index (χ3v) is 5.18. The van der Waals surface area contributed by atoms with Crippen LogP contribution in [0.15, 0.2) is 24.3 Å². The molecule has 0 N–H and O–H groups in total. The van der Waals surface area contributed by atoms with E-state index in [2.05, 4.69) is 29.8 Å². The second-order valence-corrected chi connectivity index (χ2v) is 7.20. The fraction of sp³-hybridized carbons (Fsp3) is 0.588. The minimum Gasteiger partial charge on any atom is -0.339 e. The highest BCUT2D eigenvalue weighted by molar-refractivity contribution is 9.08. The van der Waals surface area contributed by atoms with Gasteiger partial charge in [0.2, 0.25) is 0 Å². The van der Waals surface area contributed by atoms with E-state index < -0.39 is 0 Å². The number of benzene rings is 1. The number of carbonyl (C=O) groups is 1. The zero-order valence-electron chi connectivity index (χ0n) is 12.7. The van der Waals surface area contributed by atoms with Gasteiger partial charge in [-0.3, -0.25) is 4.79 Å². The number of alkyl halides is 1. The van der Waals surface area contributed by atoms with E-state index in [1.807, 2.05) is 36.2 Å². The molecule has 1 aromatic carbocycles. The van der Waals surface area contributed by atoms with E-state index in [9.17, 15) is 4.79 Å². The highest BCUT2D eigenvalue weighted by Crippen LogP contribution is 2.36. The van der Waals surface area contributed by atoms with E-state index in [0.717, 1.165) is 23.7 Å². The van der Waals surface area contributed by atoms with Crippen molar-refractivity contribution < 1.29 is 4.79 Å². The first-order chi connectivity index (χ1) is 9.43. The van der Waals surface area contributed by atoms with Crippen molar-refractivity contribution in [3.8, 4) is 0 Å². The lowest BCUT2D eigenvalue weighted by Crippen LogP contribution is -2.40. The minimum absolute atomic E-state index is 0.149. The maximum absolute atomic E-state index is 12.5. The van der Waals surface area contributed by atoms with Gasteiger partial charge in [-0.1, -0.05) is 41.9 Å². The van der Waals surface area contributed by atoms with Crippen molar-refractivity contribution >= 4 is 21.8 Å². The summed E-state index contributed by atoms with van der Waals surface area (Å²) < 4.78 is 0. The number of rotatable bonds is 3. The molecule has 0 unspecified atom stereocenters. The number of carbonyl (C=O) groups excluding carboxylic acids is 1. The van der Waals surface area contributed by atoms with Crippen molar-refractivity contribution in [3.05, 3.63) is 35.4 Å². The summed E-state index contributed by atoms with van der Waals surface area (Å²) in [6.07, 6.45) is 4.65. The molecule has 110 valence electrons. The van der Waals surface area contributed by atoms with E-state index in [1.54, 1.807) is 0 Å².